The molecule has 2 rings (SSSR count). The molecule has 0 aliphatic rings. The number of hydrogen-bond acceptors (Lipinski definition) is 3. The highest BCUT2D eigenvalue weighted by molar-refractivity contribution is 7.87. The minimum atomic E-state index is -4.61. The van der Waals surface area contributed by atoms with Crippen molar-refractivity contribution in [2.75, 3.05) is 0 Å². The minimum Gasteiger partial charge on any atom is -0.379 e. The van der Waals surface area contributed by atoms with Gasteiger partial charge in [0.15, 0.2) is 17.5 Å². The first kappa shape index (κ1) is 16.4. The predicted octanol–water partition coefficient (Wildman–Crippen LogP) is 4.00. The van der Waals surface area contributed by atoms with Crippen LogP contribution in [0.4, 0.5) is 13.2 Å². The van der Waals surface area contributed by atoms with Crippen LogP contribution in [0.5, 0.6) is 5.75 Å². The molecular formula is C15H13F3O3S. The van der Waals surface area contributed by atoms with E-state index in [0.29, 0.717) is 12.1 Å². The molecule has 118 valence electrons. The van der Waals surface area contributed by atoms with Gasteiger partial charge >= 0.3 is 10.1 Å². The SMILES string of the molecule is CC(C)c1cccc(OS(=O)(=O)c2ccc(F)c(F)c2F)c1. The zero-order valence-electron chi connectivity index (χ0n) is 11.8. The third-order valence-corrected chi connectivity index (χ3v) is 4.27. The molecule has 0 bridgehead atoms. The minimum absolute atomic E-state index is 0.0321. The smallest absolute Gasteiger partial charge is 0.342 e. The molecule has 0 saturated heterocycles. The zero-order valence-corrected chi connectivity index (χ0v) is 12.6. The van der Waals surface area contributed by atoms with E-state index in [1.165, 1.54) is 12.1 Å². The van der Waals surface area contributed by atoms with E-state index >= 15 is 0 Å². The molecule has 3 nitrogen and oxygen atoms in total. The summed E-state index contributed by atoms with van der Waals surface area (Å²) >= 11 is 0. The van der Waals surface area contributed by atoms with E-state index in [1.807, 2.05) is 13.8 Å². The Bertz CT molecular complexity index is 802. The predicted molar refractivity (Wildman–Crippen MR) is 74.7 cm³/mol. The molecule has 2 aromatic rings. The maximum absolute atomic E-state index is 13.6. The average Bonchev–Trinajstić information content (AvgIpc) is 2.44. The highest BCUT2D eigenvalue weighted by Crippen LogP contribution is 2.26. The number of rotatable bonds is 4. The first-order valence-electron chi connectivity index (χ1n) is 6.40. The fraction of sp³-hybridized carbons (Fsp3) is 0.200. The highest BCUT2D eigenvalue weighted by Gasteiger charge is 2.26. The van der Waals surface area contributed by atoms with Crippen LogP contribution in [0.3, 0.4) is 0 Å². The van der Waals surface area contributed by atoms with Gasteiger partial charge in [0.05, 0.1) is 0 Å². The Morgan fingerprint density at radius 1 is 1.00 bits per heavy atom. The van der Waals surface area contributed by atoms with E-state index in [1.54, 1.807) is 12.1 Å². The summed E-state index contributed by atoms with van der Waals surface area (Å²) in [4.78, 5) is -1.05. The molecule has 0 spiro atoms. The second kappa shape index (κ2) is 6.00. The van der Waals surface area contributed by atoms with Crippen molar-refractivity contribution in [2.45, 2.75) is 24.7 Å². The van der Waals surface area contributed by atoms with Crippen molar-refractivity contribution in [1.82, 2.24) is 0 Å². The Kier molecular flexibility index (Phi) is 4.46. The lowest BCUT2D eigenvalue weighted by Crippen LogP contribution is -2.13. The van der Waals surface area contributed by atoms with E-state index in [0.717, 1.165) is 5.56 Å². The molecule has 0 fully saturated rings. The van der Waals surface area contributed by atoms with Crippen molar-refractivity contribution in [2.24, 2.45) is 0 Å². The molecule has 0 unspecified atom stereocenters. The third kappa shape index (κ3) is 3.24. The van der Waals surface area contributed by atoms with Crippen LogP contribution in [-0.2, 0) is 10.1 Å². The fourth-order valence-electron chi connectivity index (χ4n) is 1.80. The van der Waals surface area contributed by atoms with E-state index in [2.05, 4.69) is 0 Å². The zero-order chi connectivity index (χ0) is 16.5. The van der Waals surface area contributed by atoms with E-state index in [9.17, 15) is 21.6 Å². The summed E-state index contributed by atoms with van der Waals surface area (Å²) in [5.74, 6) is -5.04. The van der Waals surface area contributed by atoms with Gasteiger partial charge in [0, 0.05) is 0 Å². The standard InChI is InChI=1S/C15H13F3O3S/c1-9(2)10-4-3-5-11(8-10)21-22(19,20)13-7-6-12(16)14(17)15(13)18/h3-9H,1-2H3. The largest absolute Gasteiger partial charge is 0.379 e. The Morgan fingerprint density at radius 2 is 1.68 bits per heavy atom. The van der Waals surface area contributed by atoms with Gasteiger partial charge in [0.1, 0.15) is 10.6 Å². The van der Waals surface area contributed by atoms with Gasteiger partial charge in [-0.25, -0.2) is 13.2 Å². The van der Waals surface area contributed by atoms with Crippen molar-refractivity contribution < 1.29 is 25.8 Å². The molecule has 0 saturated carbocycles. The van der Waals surface area contributed by atoms with Gasteiger partial charge in [-0.15, -0.1) is 0 Å². The van der Waals surface area contributed by atoms with Crippen molar-refractivity contribution in [3.8, 4) is 5.75 Å². The van der Waals surface area contributed by atoms with Crippen LogP contribution in [0.2, 0.25) is 0 Å². The van der Waals surface area contributed by atoms with Crippen LogP contribution in [0.25, 0.3) is 0 Å². The Labute approximate surface area is 126 Å². The Hall–Kier alpha value is -2.02. The molecule has 7 heteroatoms. The monoisotopic (exact) mass is 330 g/mol. The fourth-order valence-corrected chi connectivity index (χ4v) is 2.79. The topological polar surface area (TPSA) is 43.4 Å². The molecule has 0 heterocycles. The molecule has 22 heavy (non-hydrogen) atoms. The molecule has 0 aliphatic heterocycles. The lowest BCUT2D eigenvalue weighted by atomic mass is 10.0. The summed E-state index contributed by atoms with van der Waals surface area (Å²) in [5.41, 5.74) is 0.818. The quantitative estimate of drug-likeness (QED) is 0.629. The van der Waals surface area contributed by atoms with Crippen LogP contribution < -0.4 is 4.18 Å². The van der Waals surface area contributed by atoms with Gasteiger partial charge in [-0.2, -0.15) is 8.42 Å². The van der Waals surface area contributed by atoms with Crippen LogP contribution in [-0.4, -0.2) is 8.42 Å². The molecule has 0 amide bonds. The maximum atomic E-state index is 13.6. The van der Waals surface area contributed by atoms with Gasteiger partial charge in [0.25, 0.3) is 0 Å². The normalized spacial score (nSPS) is 11.7. The lowest BCUT2D eigenvalue weighted by molar-refractivity contribution is 0.423. The lowest BCUT2D eigenvalue weighted by Gasteiger charge is -2.11. The number of halogens is 3. The van der Waals surface area contributed by atoms with Gasteiger partial charge in [-0.3, -0.25) is 0 Å². The maximum Gasteiger partial charge on any atom is 0.342 e. The summed E-state index contributed by atoms with van der Waals surface area (Å²) in [7, 11) is -4.61. The summed E-state index contributed by atoms with van der Waals surface area (Å²) in [5, 5.41) is 0. The van der Waals surface area contributed by atoms with Crippen molar-refractivity contribution in [1.29, 1.82) is 0 Å². The van der Waals surface area contributed by atoms with Crippen LogP contribution in [0.15, 0.2) is 41.3 Å². The average molecular weight is 330 g/mol. The van der Waals surface area contributed by atoms with Crippen molar-refractivity contribution in [3.05, 3.63) is 59.4 Å². The Morgan fingerprint density at radius 3 is 2.32 bits per heavy atom. The van der Waals surface area contributed by atoms with Crippen LogP contribution in [0.1, 0.15) is 25.3 Å². The van der Waals surface area contributed by atoms with Gasteiger partial charge in [0.2, 0.25) is 0 Å². The molecule has 0 aliphatic carbocycles. The van der Waals surface area contributed by atoms with Crippen LogP contribution in [0, 0.1) is 17.5 Å². The molecule has 0 atom stereocenters. The second-order valence-corrected chi connectivity index (χ2v) is 6.45. The van der Waals surface area contributed by atoms with E-state index in [4.69, 9.17) is 4.18 Å². The van der Waals surface area contributed by atoms with E-state index in [-0.39, 0.29) is 11.7 Å². The van der Waals surface area contributed by atoms with E-state index < -0.39 is 32.5 Å². The number of hydrogen-bond donors (Lipinski definition) is 0. The first-order chi connectivity index (χ1) is 10.2. The first-order valence-corrected chi connectivity index (χ1v) is 7.81. The summed E-state index contributed by atoms with van der Waals surface area (Å²) < 4.78 is 68.4. The van der Waals surface area contributed by atoms with Crippen LogP contribution >= 0.6 is 0 Å². The molecule has 0 N–H and O–H groups in total. The van der Waals surface area contributed by atoms with Crippen molar-refractivity contribution >= 4 is 10.1 Å². The summed E-state index contributed by atoms with van der Waals surface area (Å²) in [6.45, 7) is 3.81. The second-order valence-electron chi connectivity index (χ2n) is 4.94. The molecule has 0 aromatic heterocycles. The summed E-state index contributed by atoms with van der Waals surface area (Å²) in [6, 6.07) is 7.37. The third-order valence-electron chi connectivity index (χ3n) is 3.00. The van der Waals surface area contributed by atoms with Gasteiger partial charge < -0.3 is 4.18 Å². The van der Waals surface area contributed by atoms with Gasteiger partial charge in [-0.05, 0) is 35.7 Å². The summed E-state index contributed by atoms with van der Waals surface area (Å²) in [6.07, 6.45) is 0. The molecular weight excluding hydrogens is 317 g/mol. The van der Waals surface area contributed by atoms with Gasteiger partial charge in [-0.1, -0.05) is 26.0 Å². The highest BCUT2D eigenvalue weighted by atomic mass is 32.2. The molecule has 0 radical (unpaired) electrons. The number of benzene rings is 2. The van der Waals surface area contributed by atoms with Crippen molar-refractivity contribution in [3.63, 3.8) is 0 Å². The molecule has 2 aromatic carbocycles. The Balaban J connectivity index is 2.40.